The number of hydrogen-bond donors (Lipinski definition) is 3. The quantitative estimate of drug-likeness (QED) is 0.380. The van der Waals surface area contributed by atoms with Crippen LogP contribution in [0.3, 0.4) is 0 Å². The van der Waals surface area contributed by atoms with Crippen LogP contribution in [0.25, 0.3) is 5.70 Å². The van der Waals surface area contributed by atoms with Crippen molar-refractivity contribution in [1.29, 1.82) is 0 Å². The molecule has 3 unspecified atom stereocenters. The number of allylic oxidation sites excluding steroid dienone is 1. The van der Waals surface area contributed by atoms with Crippen molar-refractivity contribution < 1.29 is 24.7 Å². The van der Waals surface area contributed by atoms with Crippen LogP contribution in [0.5, 0.6) is 0 Å². The zero-order chi connectivity index (χ0) is 21.6. The Kier molecular flexibility index (Phi) is 8.43. The highest BCUT2D eigenvalue weighted by molar-refractivity contribution is 6.24. The molecular weight excluding hydrogens is 392 g/mol. The van der Waals surface area contributed by atoms with Gasteiger partial charge in [0.2, 0.25) is 5.91 Å². The fraction of sp³-hybridized carbons (Fsp3) is 0.588. The van der Waals surface area contributed by atoms with E-state index in [1.807, 2.05) is 0 Å². The highest BCUT2D eigenvalue weighted by Crippen LogP contribution is 2.36. The molecule has 0 saturated carbocycles. The molecule has 1 amide bonds. The third-order valence-electron chi connectivity index (χ3n) is 4.34. The van der Waals surface area contributed by atoms with Crippen LogP contribution in [0, 0.1) is 17.0 Å². The fourth-order valence-electron chi connectivity index (χ4n) is 2.60. The number of alkyl halides is 1. The summed E-state index contributed by atoms with van der Waals surface area (Å²) >= 11 is 5.96. The summed E-state index contributed by atoms with van der Waals surface area (Å²) in [5.74, 6) is -0.196. The number of nitrogens with one attached hydrogen (secondary N) is 1. The van der Waals surface area contributed by atoms with E-state index in [4.69, 9.17) is 21.4 Å². The van der Waals surface area contributed by atoms with Gasteiger partial charge in [-0.1, -0.05) is 0 Å². The second-order valence-corrected chi connectivity index (χ2v) is 7.20. The van der Waals surface area contributed by atoms with E-state index in [9.17, 15) is 20.0 Å². The number of carbonyl (C=O) groups excluding carboxylic acids is 1. The Hall–Kier alpha value is -2.14. The number of aliphatic hydroxyl groups excluding tert-OH is 2. The summed E-state index contributed by atoms with van der Waals surface area (Å²) in [5, 5.41) is 31.6. The molecule has 0 bridgehead atoms. The maximum Gasteiger partial charge on any atom is 0.277 e. The maximum atomic E-state index is 11.0. The van der Waals surface area contributed by atoms with Crippen molar-refractivity contribution in [2.24, 2.45) is 0 Å². The Labute approximate surface area is 167 Å². The van der Waals surface area contributed by atoms with Crippen LogP contribution in [0.4, 0.5) is 5.82 Å². The Bertz CT molecular complexity index is 755. The molecule has 1 fully saturated rings. The number of hydrogen-bond acceptors (Lipinski definition) is 8. The Balaban J connectivity index is 0.000000307. The van der Waals surface area contributed by atoms with Gasteiger partial charge >= 0.3 is 0 Å². The van der Waals surface area contributed by atoms with Gasteiger partial charge in [0.1, 0.15) is 29.9 Å². The SMILES string of the molecule is C/C=C(\c1c(C)ncnc1NC(C)=O)[N+](=O)[O-].C[C@@H]1OC(CO)C(O)C1(C)Cl. The summed E-state index contributed by atoms with van der Waals surface area (Å²) in [6, 6.07) is 0. The number of aromatic nitrogens is 2. The third-order valence-corrected chi connectivity index (χ3v) is 4.87. The molecule has 11 heteroatoms. The first-order chi connectivity index (χ1) is 13.0. The first kappa shape index (κ1) is 23.9. The predicted molar refractivity (Wildman–Crippen MR) is 103 cm³/mol. The lowest BCUT2D eigenvalue weighted by Gasteiger charge is -2.22. The number of halogens is 1. The molecule has 1 aliphatic rings. The summed E-state index contributed by atoms with van der Waals surface area (Å²) in [5.41, 5.74) is 0.538. The predicted octanol–water partition coefficient (Wildman–Crippen LogP) is 1.51. The number of ether oxygens (including phenoxy) is 1. The Morgan fingerprint density at radius 3 is 2.50 bits per heavy atom. The van der Waals surface area contributed by atoms with Crippen LogP contribution in [0.2, 0.25) is 0 Å². The number of aliphatic hydroxyl groups is 2. The molecular formula is C17H25ClN4O6. The lowest BCUT2D eigenvalue weighted by Crippen LogP contribution is -2.39. The minimum Gasteiger partial charge on any atom is -0.394 e. The largest absolute Gasteiger partial charge is 0.394 e. The van der Waals surface area contributed by atoms with Gasteiger partial charge in [-0.25, -0.2) is 9.97 Å². The highest BCUT2D eigenvalue weighted by atomic mass is 35.5. The zero-order valence-corrected chi connectivity index (χ0v) is 17.1. The molecule has 1 saturated heterocycles. The third kappa shape index (κ3) is 5.44. The summed E-state index contributed by atoms with van der Waals surface area (Å²) in [6.45, 7) is 7.78. The van der Waals surface area contributed by atoms with Gasteiger partial charge in [-0.05, 0) is 33.8 Å². The van der Waals surface area contributed by atoms with E-state index >= 15 is 0 Å². The van der Waals surface area contributed by atoms with Gasteiger partial charge in [-0.3, -0.25) is 14.9 Å². The lowest BCUT2D eigenvalue weighted by atomic mass is 9.99. The average Bonchev–Trinajstić information content (AvgIpc) is 2.80. The van der Waals surface area contributed by atoms with Crippen LogP contribution < -0.4 is 5.32 Å². The highest BCUT2D eigenvalue weighted by Gasteiger charge is 2.49. The molecule has 1 aromatic heterocycles. The maximum absolute atomic E-state index is 11.0. The zero-order valence-electron chi connectivity index (χ0n) is 16.3. The van der Waals surface area contributed by atoms with Crippen molar-refractivity contribution in [3.8, 4) is 0 Å². The molecule has 1 aliphatic heterocycles. The van der Waals surface area contributed by atoms with Gasteiger partial charge in [0.25, 0.3) is 5.70 Å². The average molecular weight is 417 g/mol. The number of anilines is 1. The van der Waals surface area contributed by atoms with Crippen LogP contribution >= 0.6 is 11.6 Å². The minimum atomic E-state index is -0.788. The number of carbonyl (C=O) groups is 1. The molecule has 10 nitrogen and oxygen atoms in total. The molecule has 2 rings (SSSR count). The van der Waals surface area contributed by atoms with Gasteiger partial charge in [0.05, 0.1) is 28.2 Å². The normalized spacial score (nSPS) is 27.0. The Morgan fingerprint density at radius 2 is 2.14 bits per heavy atom. The van der Waals surface area contributed by atoms with Crippen LogP contribution in [0.15, 0.2) is 12.4 Å². The second kappa shape index (κ2) is 9.87. The van der Waals surface area contributed by atoms with Crippen molar-refractivity contribution in [2.75, 3.05) is 11.9 Å². The number of nitro groups is 1. The van der Waals surface area contributed by atoms with Crippen molar-refractivity contribution >= 4 is 29.0 Å². The van der Waals surface area contributed by atoms with Crippen molar-refractivity contribution in [3.05, 3.63) is 33.8 Å². The van der Waals surface area contributed by atoms with E-state index in [1.165, 1.54) is 19.3 Å². The van der Waals surface area contributed by atoms with Gasteiger partial charge in [0.15, 0.2) is 0 Å². The first-order valence-corrected chi connectivity index (χ1v) is 8.88. The van der Waals surface area contributed by atoms with Gasteiger partial charge < -0.3 is 20.3 Å². The fourth-order valence-corrected chi connectivity index (χ4v) is 2.79. The topological polar surface area (TPSA) is 148 Å². The van der Waals surface area contributed by atoms with Crippen LogP contribution in [-0.2, 0) is 9.53 Å². The lowest BCUT2D eigenvalue weighted by molar-refractivity contribution is -0.375. The first-order valence-electron chi connectivity index (χ1n) is 8.50. The summed E-state index contributed by atoms with van der Waals surface area (Å²) < 4.78 is 5.21. The molecule has 2 heterocycles. The molecule has 28 heavy (non-hydrogen) atoms. The van der Waals surface area contributed by atoms with E-state index in [0.29, 0.717) is 5.69 Å². The molecule has 4 atom stereocenters. The van der Waals surface area contributed by atoms with E-state index in [0.717, 1.165) is 0 Å². The number of rotatable bonds is 4. The molecule has 0 aromatic carbocycles. The number of amides is 1. The van der Waals surface area contributed by atoms with E-state index in [2.05, 4.69) is 15.3 Å². The van der Waals surface area contributed by atoms with Crippen molar-refractivity contribution in [2.45, 2.75) is 57.8 Å². The molecule has 0 spiro atoms. The number of aryl methyl sites for hydroxylation is 1. The van der Waals surface area contributed by atoms with Gasteiger partial charge in [-0.2, -0.15) is 0 Å². The molecule has 0 radical (unpaired) electrons. The smallest absolute Gasteiger partial charge is 0.277 e. The van der Waals surface area contributed by atoms with E-state index in [1.54, 1.807) is 27.7 Å². The van der Waals surface area contributed by atoms with E-state index < -0.39 is 22.0 Å². The van der Waals surface area contributed by atoms with Crippen LogP contribution in [-0.4, -0.2) is 60.8 Å². The summed E-state index contributed by atoms with van der Waals surface area (Å²) in [7, 11) is 0. The van der Waals surface area contributed by atoms with Gasteiger partial charge in [-0.15, -0.1) is 11.6 Å². The molecule has 1 aromatic rings. The monoisotopic (exact) mass is 416 g/mol. The minimum absolute atomic E-state index is 0.133. The second-order valence-electron chi connectivity index (χ2n) is 6.39. The van der Waals surface area contributed by atoms with E-state index in [-0.39, 0.29) is 35.7 Å². The van der Waals surface area contributed by atoms with Crippen molar-refractivity contribution in [3.63, 3.8) is 0 Å². The molecule has 156 valence electrons. The molecule has 3 N–H and O–H groups in total. The summed E-state index contributed by atoms with van der Waals surface area (Å²) in [4.78, 5) is 28.3. The van der Waals surface area contributed by atoms with Gasteiger partial charge in [0, 0.05) is 6.92 Å². The molecule has 0 aliphatic carbocycles. The number of nitrogens with zero attached hydrogens (tertiary/aromatic N) is 3. The van der Waals surface area contributed by atoms with Crippen molar-refractivity contribution in [1.82, 2.24) is 9.97 Å². The summed E-state index contributed by atoms with van der Waals surface area (Å²) in [6.07, 6.45) is 1.04. The van der Waals surface area contributed by atoms with Crippen LogP contribution in [0.1, 0.15) is 39.0 Å². The standard InChI is InChI=1S/C10H12N4O3.C7H13ClO3/c1-4-8(14(16)17)9-6(2)11-5-12-10(9)13-7(3)15;1-4-7(2,8)6(10)5(3-9)11-4/h4-5H,1-3H3,(H,11,12,13,15);4-6,9-10H,3H2,1-2H3/b8-4+;/t;4-,5?,6?,7?/m.0/s1. The Morgan fingerprint density at radius 1 is 1.54 bits per heavy atom.